The Balaban J connectivity index is 2.44. The zero-order valence-electron chi connectivity index (χ0n) is 17.3. The van der Waals surface area contributed by atoms with Crippen LogP contribution in [0.3, 0.4) is 0 Å². The van der Waals surface area contributed by atoms with Crippen molar-refractivity contribution in [3.05, 3.63) is 36.4 Å². The molecular weight excluding hydrogens is 322 g/mol. The van der Waals surface area contributed by atoms with Crippen molar-refractivity contribution in [2.45, 2.75) is 0 Å². The van der Waals surface area contributed by atoms with Crippen molar-refractivity contribution in [1.82, 2.24) is 29.2 Å². The van der Waals surface area contributed by atoms with Crippen molar-refractivity contribution in [2.24, 2.45) is 0 Å². The Morgan fingerprint density at radius 3 is 1.12 bits per heavy atom. The summed E-state index contributed by atoms with van der Waals surface area (Å²) < 4.78 is 0. The first-order valence-electron chi connectivity index (χ1n) is 8.82. The lowest BCUT2D eigenvalue weighted by atomic mass is 9.68. The maximum atomic E-state index is 4.90. The molecule has 0 spiro atoms. The highest BCUT2D eigenvalue weighted by Crippen LogP contribution is 2.12. The molecule has 2 aromatic rings. The molecule has 0 bridgehead atoms. The van der Waals surface area contributed by atoms with Gasteiger partial charge in [0, 0.05) is 11.2 Å². The van der Waals surface area contributed by atoms with Crippen LogP contribution in [0, 0.1) is 0 Å². The zero-order valence-corrected chi connectivity index (χ0v) is 17.3. The van der Waals surface area contributed by atoms with E-state index in [-0.39, 0.29) is 14.0 Å². The van der Waals surface area contributed by atoms with E-state index in [4.69, 9.17) is 9.97 Å². The minimum atomic E-state index is 0.120. The van der Waals surface area contributed by atoms with E-state index in [0.29, 0.717) is 0 Å². The van der Waals surface area contributed by atoms with Crippen LogP contribution in [0.2, 0.25) is 0 Å². The molecule has 26 heavy (non-hydrogen) atoms. The number of pyridine rings is 2. The predicted octanol–water partition coefficient (Wildman–Crippen LogP) is -0.220. The average Bonchev–Trinajstić information content (AvgIpc) is 2.54. The highest BCUT2D eigenvalue weighted by molar-refractivity contribution is 6.67. The maximum absolute atomic E-state index is 4.90. The molecule has 0 aliphatic rings. The minimum Gasteiger partial charge on any atom is -0.329 e. The van der Waals surface area contributed by atoms with Crippen LogP contribution in [0.5, 0.6) is 0 Å². The number of rotatable bonds is 7. The van der Waals surface area contributed by atoms with Gasteiger partial charge in [0.2, 0.25) is 0 Å². The first kappa shape index (κ1) is 20.6. The lowest BCUT2D eigenvalue weighted by molar-refractivity contribution is 0.529. The van der Waals surface area contributed by atoms with Gasteiger partial charge < -0.3 is 19.2 Å². The molecule has 0 atom stereocenters. The monoisotopic (exact) mass is 352 g/mol. The van der Waals surface area contributed by atoms with Gasteiger partial charge in [0.1, 0.15) is 0 Å². The topological polar surface area (TPSA) is 38.7 Å². The van der Waals surface area contributed by atoms with Crippen molar-refractivity contribution < 1.29 is 0 Å². The van der Waals surface area contributed by atoms with Crippen molar-refractivity contribution >= 4 is 25.2 Å². The van der Waals surface area contributed by atoms with Gasteiger partial charge in [0.25, 0.3) is 0 Å². The lowest BCUT2D eigenvalue weighted by Gasteiger charge is -2.26. The minimum absolute atomic E-state index is 0.120. The van der Waals surface area contributed by atoms with E-state index in [1.165, 1.54) is 0 Å². The summed E-state index contributed by atoms with van der Waals surface area (Å²) in [4.78, 5) is 18.4. The molecular formula is C18H30B2N6. The zero-order chi connectivity index (χ0) is 19.4. The molecule has 0 saturated carbocycles. The maximum Gasteiger partial charge on any atom is 0.365 e. The lowest BCUT2D eigenvalue weighted by Crippen LogP contribution is -2.56. The van der Waals surface area contributed by atoms with Crippen LogP contribution in [0.15, 0.2) is 36.4 Å². The SMILES string of the molecule is CN(C)B(c1cccc(-c2cccc(B(N(C)C)N(C)C)n2)n1)N(C)C. The third kappa shape index (κ3) is 4.71. The summed E-state index contributed by atoms with van der Waals surface area (Å²) in [5, 5.41) is 0. The quantitative estimate of drug-likeness (QED) is 0.642. The molecule has 6 nitrogen and oxygen atoms in total. The predicted molar refractivity (Wildman–Crippen MR) is 113 cm³/mol. The fourth-order valence-electron chi connectivity index (χ4n) is 3.46. The third-order valence-electron chi connectivity index (χ3n) is 4.29. The van der Waals surface area contributed by atoms with Crippen LogP contribution in [-0.4, -0.2) is 99.6 Å². The molecule has 0 aliphatic carbocycles. The van der Waals surface area contributed by atoms with Crippen LogP contribution in [0.1, 0.15) is 0 Å². The van der Waals surface area contributed by atoms with Crippen molar-refractivity contribution in [1.29, 1.82) is 0 Å². The highest BCUT2D eigenvalue weighted by Gasteiger charge is 2.27. The molecule has 2 heterocycles. The van der Waals surface area contributed by atoms with E-state index in [9.17, 15) is 0 Å². The summed E-state index contributed by atoms with van der Waals surface area (Å²) in [5.41, 5.74) is 3.83. The van der Waals surface area contributed by atoms with Crippen LogP contribution in [-0.2, 0) is 0 Å². The van der Waals surface area contributed by atoms with E-state index in [2.05, 4.69) is 99.9 Å². The van der Waals surface area contributed by atoms with Crippen molar-refractivity contribution in [3.8, 4) is 11.4 Å². The Morgan fingerprint density at radius 2 is 0.846 bits per heavy atom. The van der Waals surface area contributed by atoms with Crippen molar-refractivity contribution in [2.75, 3.05) is 56.4 Å². The average molecular weight is 352 g/mol. The second-order valence-corrected chi connectivity index (χ2v) is 7.50. The van der Waals surface area contributed by atoms with E-state index < -0.39 is 0 Å². The van der Waals surface area contributed by atoms with Crippen LogP contribution in [0.25, 0.3) is 11.4 Å². The Hall–Kier alpha value is -1.73. The van der Waals surface area contributed by atoms with Crippen LogP contribution < -0.4 is 11.2 Å². The fourth-order valence-corrected chi connectivity index (χ4v) is 3.46. The van der Waals surface area contributed by atoms with Gasteiger partial charge in [-0.05, 0) is 80.6 Å². The molecule has 0 radical (unpaired) electrons. The molecule has 2 rings (SSSR count). The summed E-state index contributed by atoms with van der Waals surface area (Å²) in [5.74, 6) is 0. The third-order valence-corrected chi connectivity index (χ3v) is 4.29. The summed E-state index contributed by atoms with van der Waals surface area (Å²) in [6, 6.07) is 12.3. The van der Waals surface area contributed by atoms with Crippen LogP contribution >= 0.6 is 0 Å². The molecule has 0 fully saturated rings. The smallest absolute Gasteiger partial charge is 0.329 e. The Bertz CT molecular complexity index is 643. The second kappa shape index (κ2) is 8.77. The number of hydrogen-bond donors (Lipinski definition) is 0. The summed E-state index contributed by atoms with van der Waals surface area (Å²) in [6.07, 6.45) is 0. The van der Waals surface area contributed by atoms with Gasteiger partial charge in [-0.2, -0.15) is 0 Å². The highest BCUT2D eigenvalue weighted by atomic mass is 15.2. The summed E-state index contributed by atoms with van der Waals surface area (Å²) in [6.45, 7) is 0.240. The second-order valence-electron chi connectivity index (χ2n) is 7.50. The Labute approximate surface area is 159 Å². The normalized spacial score (nSPS) is 11.7. The largest absolute Gasteiger partial charge is 0.365 e. The van der Waals surface area contributed by atoms with E-state index in [1.54, 1.807) is 0 Å². The van der Waals surface area contributed by atoms with Gasteiger partial charge in [-0.15, -0.1) is 0 Å². The summed E-state index contributed by atoms with van der Waals surface area (Å²) >= 11 is 0. The van der Waals surface area contributed by atoms with Gasteiger partial charge in [-0.3, -0.25) is 9.97 Å². The molecule has 0 unspecified atom stereocenters. The van der Waals surface area contributed by atoms with E-state index in [0.717, 1.165) is 22.6 Å². The molecule has 0 aromatic carbocycles. The number of hydrogen-bond acceptors (Lipinski definition) is 6. The molecule has 0 aliphatic heterocycles. The summed E-state index contributed by atoms with van der Waals surface area (Å²) in [7, 11) is 16.5. The number of aromatic nitrogens is 2. The first-order chi connectivity index (χ1) is 12.2. The standard InChI is InChI=1S/C18H30B2N6/c1-23(2)19(24(3)4)17-13-9-11-15(21-17)16-12-10-14-18(22-16)20(25(5)6)26(7)8/h9-14H,1-8H3. The van der Waals surface area contributed by atoms with Gasteiger partial charge in [0.15, 0.2) is 0 Å². The van der Waals surface area contributed by atoms with Crippen molar-refractivity contribution in [3.63, 3.8) is 0 Å². The fraction of sp³-hybridized carbons (Fsp3) is 0.444. The molecule has 0 N–H and O–H groups in total. The van der Waals surface area contributed by atoms with Crippen LogP contribution in [0.4, 0.5) is 0 Å². The van der Waals surface area contributed by atoms with Gasteiger partial charge in [-0.1, -0.05) is 12.1 Å². The van der Waals surface area contributed by atoms with Gasteiger partial charge in [0.05, 0.1) is 11.4 Å². The number of nitrogens with zero attached hydrogens (tertiary/aromatic N) is 6. The van der Waals surface area contributed by atoms with Gasteiger partial charge in [-0.25, -0.2) is 0 Å². The Morgan fingerprint density at radius 1 is 0.538 bits per heavy atom. The Kier molecular flexibility index (Phi) is 6.94. The molecule has 8 heteroatoms. The first-order valence-corrected chi connectivity index (χ1v) is 8.82. The molecule has 0 amide bonds. The van der Waals surface area contributed by atoms with E-state index in [1.807, 2.05) is 12.1 Å². The van der Waals surface area contributed by atoms with Gasteiger partial charge >= 0.3 is 14.0 Å². The molecule has 0 saturated heterocycles. The molecule has 138 valence electrons. The van der Waals surface area contributed by atoms with E-state index >= 15 is 0 Å². The molecule has 2 aromatic heterocycles.